The number of carbonyl (C=O) groups is 3. The van der Waals surface area contributed by atoms with E-state index < -0.39 is 54.2 Å². The molecule has 3 aliphatic rings. The number of thioether (sulfide) groups is 1. The van der Waals surface area contributed by atoms with Crippen molar-refractivity contribution in [1.29, 1.82) is 0 Å². The molecule has 3 aliphatic heterocycles. The first kappa shape index (κ1) is 44.0. The Morgan fingerprint density at radius 3 is 2.50 bits per heavy atom. The molecule has 1 aromatic heterocycles. The molecule has 0 bridgehead atoms. The molecule has 11 N–H and O–H groups in total. The van der Waals surface area contributed by atoms with Crippen LogP contribution in [0.4, 0.5) is 10.6 Å². The Morgan fingerprint density at radius 2 is 1.76 bits per heavy atom. The van der Waals surface area contributed by atoms with Gasteiger partial charge in [0.05, 0.1) is 24.8 Å². The van der Waals surface area contributed by atoms with Crippen LogP contribution < -0.4 is 32.7 Å². The number of unbranched alkanes of at least 4 members (excludes halogenated alkanes) is 3. The number of carbonyl (C=O) groups excluding carboxylic acids is 3. The standard InChI is InChI=1S/C27H44N7O16P3S/c28-25-16(13-34(27(39)33-25)23-12-18(35)19(48-23)14-47-52(43,44)50-53(45,46)49-51(40,41)42)9-11-30-22(37)7-2-1-5-10-29-21(36)8-4-3-6-20-24-17(15-54-20)31-26(38)32-24/h9,11,13,17-20,23-24,35H,1-8,10,12,14-15H2,(H,29,36)(H,30,37)(H,43,44)(H,45,46)(H2,28,33,39)(H2,31,32,38)(H2,40,41,42)/b11-9+. The number of ether oxygens (including phenoxy) is 1. The maximum absolute atomic E-state index is 12.5. The molecule has 304 valence electrons. The van der Waals surface area contributed by atoms with Crippen molar-refractivity contribution in [2.75, 3.05) is 24.6 Å². The van der Waals surface area contributed by atoms with Crippen molar-refractivity contribution in [2.45, 2.75) is 93.6 Å². The van der Waals surface area contributed by atoms with Gasteiger partial charge in [-0.1, -0.05) is 12.8 Å². The highest BCUT2D eigenvalue weighted by Gasteiger charge is 2.44. The predicted octanol–water partition coefficient (Wildman–Crippen LogP) is 0.307. The molecule has 0 aliphatic carbocycles. The zero-order valence-electron chi connectivity index (χ0n) is 28.6. The van der Waals surface area contributed by atoms with Gasteiger partial charge in [0.1, 0.15) is 18.1 Å². The first-order valence-electron chi connectivity index (χ1n) is 16.7. The zero-order chi connectivity index (χ0) is 39.7. The molecule has 4 heterocycles. The minimum Gasteiger partial charge on any atom is -0.390 e. The maximum atomic E-state index is 12.5. The quantitative estimate of drug-likeness (QED) is 0.0452. The number of aliphatic hydroxyl groups excluding tert-OH is 1. The molecule has 3 fully saturated rings. The smallest absolute Gasteiger partial charge is 0.390 e. The second-order valence-corrected chi connectivity index (χ2v) is 18.2. The SMILES string of the molecule is Nc1nc(=O)n(C2CC(O)C(COP(=O)(O)OP(=O)(O)OP(=O)(O)O)O2)cc1/C=C/NC(=O)CCCCCNC(=O)CCCCC1SCC2NC(=O)NC21. The average molecular weight is 848 g/mol. The van der Waals surface area contributed by atoms with Crippen LogP contribution in [-0.4, -0.2) is 101 Å². The molecule has 8 unspecified atom stereocenters. The van der Waals surface area contributed by atoms with Gasteiger partial charge in [-0.05, 0) is 31.8 Å². The summed E-state index contributed by atoms with van der Waals surface area (Å²) >= 11 is 1.85. The van der Waals surface area contributed by atoms with Crippen LogP contribution in [0.2, 0.25) is 0 Å². The lowest BCUT2D eigenvalue weighted by Gasteiger charge is -2.19. The number of hydrogen-bond donors (Lipinski definition) is 10. The van der Waals surface area contributed by atoms with E-state index in [2.05, 4.69) is 39.4 Å². The second-order valence-electron chi connectivity index (χ2n) is 12.5. The van der Waals surface area contributed by atoms with Gasteiger partial charge in [-0.25, -0.2) is 23.3 Å². The van der Waals surface area contributed by atoms with Crippen LogP contribution in [0.1, 0.15) is 69.6 Å². The lowest BCUT2D eigenvalue weighted by Crippen LogP contribution is -2.36. The maximum Gasteiger partial charge on any atom is 0.490 e. The molecule has 8 atom stereocenters. The van der Waals surface area contributed by atoms with Gasteiger partial charge in [-0.15, -0.1) is 0 Å². The van der Waals surface area contributed by atoms with Crippen LogP contribution in [0.5, 0.6) is 0 Å². The summed E-state index contributed by atoms with van der Waals surface area (Å²) in [5.41, 5.74) is 5.16. The summed E-state index contributed by atoms with van der Waals surface area (Å²) in [7, 11) is -16.8. The highest BCUT2D eigenvalue weighted by atomic mass is 32.2. The van der Waals surface area contributed by atoms with Crippen molar-refractivity contribution >= 4 is 65.0 Å². The van der Waals surface area contributed by atoms with Crippen molar-refractivity contribution in [2.24, 2.45) is 0 Å². The van der Waals surface area contributed by atoms with Gasteiger partial charge in [0.15, 0.2) is 0 Å². The number of rotatable bonds is 21. The zero-order valence-corrected chi connectivity index (χ0v) is 32.1. The van der Waals surface area contributed by atoms with Crippen molar-refractivity contribution < 1.29 is 70.6 Å². The third kappa shape index (κ3) is 14.1. The number of anilines is 1. The minimum absolute atomic E-state index is 0.0212. The summed E-state index contributed by atoms with van der Waals surface area (Å²) in [5, 5.41) is 22.1. The molecular formula is C27H44N7O16P3S. The molecule has 0 saturated carbocycles. The Morgan fingerprint density at radius 1 is 1.04 bits per heavy atom. The molecule has 0 aromatic carbocycles. The molecule has 54 heavy (non-hydrogen) atoms. The van der Waals surface area contributed by atoms with E-state index in [0.717, 1.165) is 29.6 Å². The number of phosphoric acid groups is 3. The van der Waals surface area contributed by atoms with Gasteiger partial charge in [0, 0.05) is 54.8 Å². The van der Waals surface area contributed by atoms with Crippen LogP contribution in [0, 0.1) is 0 Å². The Balaban J connectivity index is 1.11. The van der Waals surface area contributed by atoms with E-state index in [9.17, 15) is 47.8 Å². The van der Waals surface area contributed by atoms with Gasteiger partial charge in [-0.3, -0.25) is 18.7 Å². The number of nitrogens with zero attached hydrogens (tertiary/aromatic N) is 2. The average Bonchev–Trinajstić information content (AvgIpc) is 3.72. The van der Waals surface area contributed by atoms with Crippen molar-refractivity contribution in [3.63, 3.8) is 0 Å². The lowest BCUT2D eigenvalue weighted by atomic mass is 10.0. The number of urea groups is 1. The Bertz CT molecular complexity index is 1750. The fraction of sp³-hybridized carbons (Fsp3) is 0.667. The van der Waals surface area contributed by atoms with E-state index in [1.807, 2.05) is 11.8 Å². The van der Waals surface area contributed by atoms with Gasteiger partial charge in [0.25, 0.3) is 0 Å². The molecule has 0 spiro atoms. The Hall–Kier alpha value is -2.69. The normalized spacial score (nSPS) is 26.1. The van der Waals surface area contributed by atoms with E-state index in [-0.39, 0.29) is 54.2 Å². The second kappa shape index (κ2) is 19.4. The van der Waals surface area contributed by atoms with E-state index in [1.165, 1.54) is 18.5 Å². The fourth-order valence-corrected chi connectivity index (χ4v) is 10.4. The summed E-state index contributed by atoms with van der Waals surface area (Å²) in [5.74, 6) is 0.400. The molecule has 1 aromatic rings. The molecular weight excluding hydrogens is 803 g/mol. The van der Waals surface area contributed by atoms with E-state index >= 15 is 0 Å². The molecule has 4 amide bonds. The number of phosphoric ester groups is 1. The van der Waals surface area contributed by atoms with Crippen LogP contribution in [0.25, 0.3) is 6.08 Å². The number of fused-ring (bicyclic) bond motifs is 1. The number of aliphatic hydroxyl groups is 1. The Kier molecular flexibility index (Phi) is 15.9. The largest absolute Gasteiger partial charge is 0.490 e. The number of hydrogen-bond acceptors (Lipinski definition) is 15. The van der Waals surface area contributed by atoms with Crippen molar-refractivity contribution in [3.05, 3.63) is 28.4 Å². The monoisotopic (exact) mass is 847 g/mol. The molecule has 23 nitrogen and oxygen atoms in total. The fourth-order valence-electron chi connectivity index (χ4n) is 5.81. The molecule has 3 saturated heterocycles. The van der Waals surface area contributed by atoms with Crippen LogP contribution in [0.3, 0.4) is 0 Å². The third-order valence-corrected chi connectivity index (χ3v) is 13.6. The lowest BCUT2D eigenvalue weighted by molar-refractivity contribution is -0.121. The van der Waals surface area contributed by atoms with Crippen molar-refractivity contribution in [3.8, 4) is 0 Å². The molecule has 27 heteroatoms. The Labute approximate surface area is 312 Å². The number of nitrogen functional groups attached to an aromatic ring is 1. The topological polar surface area (TPSA) is 350 Å². The van der Waals surface area contributed by atoms with Gasteiger partial charge in [0.2, 0.25) is 11.8 Å². The summed E-state index contributed by atoms with van der Waals surface area (Å²) in [4.78, 5) is 88.4. The number of aromatic nitrogens is 2. The van der Waals surface area contributed by atoms with Gasteiger partial charge >= 0.3 is 35.2 Å². The van der Waals surface area contributed by atoms with Crippen LogP contribution in [0.15, 0.2) is 17.2 Å². The van der Waals surface area contributed by atoms with Crippen LogP contribution in [-0.2, 0) is 41.2 Å². The van der Waals surface area contributed by atoms with Gasteiger partial charge in [-0.2, -0.15) is 25.4 Å². The minimum atomic E-state index is -5.75. The first-order valence-corrected chi connectivity index (χ1v) is 22.3. The number of amides is 4. The highest BCUT2D eigenvalue weighted by molar-refractivity contribution is 8.00. The highest BCUT2D eigenvalue weighted by Crippen LogP contribution is 2.66. The molecule has 4 rings (SSSR count). The summed E-state index contributed by atoms with van der Waals surface area (Å²) in [6, 6.07) is 0.233. The van der Waals surface area contributed by atoms with E-state index in [1.54, 1.807) is 0 Å². The van der Waals surface area contributed by atoms with Crippen LogP contribution >= 0.6 is 35.2 Å². The van der Waals surface area contributed by atoms with E-state index in [0.29, 0.717) is 37.5 Å². The predicted molar refractivity (Wildman–Crippen MR) is 190 cm³/mol. The third-order valence-electron chi connectivity index (χ3n) is 8.33. The molecule has 0 radical (unpaired) electrons. The number of nitrogens with one attached hydrogen (secondary N) is 4. The number of nitrogens with two attached hydrogens (primary N) is 1. The van der Waals surface area contributed by atoms with E-state index in [4.69, 9.17) is 20.3 Å². The van der Waals surface area contributed by atoms with Gasteiger partial charge < -0.3 is 56.4 Å². The van der Waals surface area contributed by atoms with Crippen molar-refractivity contribution in [1.82, 2.24) is 30.8 Å². The first-order chi connectivity index (χ1) is 25.3. The summed E-state index contributed by atoms with van der Waals surface area (Å²) < 4.78 is 52.5. The summed E-state index contributed by atoms with van der Waals surface area (Å²) in [6.07, 6.45) is 4.90. The summed E-state index contributed by atoms with van der Waals surface area (Å²) in [6.45, 7) is -0.437.